The van der Waals surface area contributed by atoms with E-state index in [0.717, 1.165) is 6.20 Å². The fourth-order valence-corrected chi connectivity index (χ4v) is 2.12. The van der Waals surface area contributed by atoms with E-state index >= 15 is 0 Å². The van der Waals surface area contributed by atoms with E-state index in [-0.39, 0.29) is 11.0 Å². The minimum Gasteiger partial charge on any atom is -0.321 e. The van der Waals surface area contributed by atoms with Crippen molar-refractivity contribution >= 4 is 0 Å². The molecule has 1 saturated carbocycles. The number of nitrogens with two attached hydrogens (primary N) is 1. The first-order valence-electron chi connectivity index (χ1n) is 4.99. The molecule has 0 aromatic carbocycles. The minimum absolute atomic E-state index is 0.153. The Bertz CT molecular complexity index is 425. The first-order chi connectivity index (χ1) is 7.18. The second kappa shape index (κ2) is 2.97. The molecule has 5 heteroatoms. The van der Waals surface area contributed by atoms with E-state index in [0.29, 0.717) is 6.42 Å². The van der Waals surface area contributed by atoms with Gasteiger partial charge >= 0.3 is 6.18 Å². The van der Waals surface area contributed by atoms with E-state index < -0.39 is 17.3 Å². The fourth-order valence-electron chi connectivity index (χ4n) is 2.12. The summed E-state index contributed by atoms with van der Waals surface area (Å²) in [5, 5.41) is 0. The van der Waals surface area contributed by atoms with E-state index in [4.69, 9.17) is 5.73 Å². The number of aromatic nitrogens is 1. The monoisotopic (exact) mass is 230 g/mol. The second-order valence-electron chi connectivity index (χ2n) is 4.95. The van der Waals surface area contributed by atoms with Crippen molar-refractivity contribution in [3.8, 4) is 0 Å². The molecule has 1 aromatic heterocycles. The van der Waals surface area contributed by atoms with Gasteiger partial charge in [-0.15, -0.1) is 0 Å². The second-order valence-corrected chi connectivity index (χ2v) is 4.95. The van der Waals surface area contributed by atoms with Gasteiger partial charge in [0.15, 0.2) is 0 Å². The van der Waals surface area contributed by atoms with Gasteiger partial charge in [0.2, 0.25) is 0 Å². The molecule has 88 valence electrons. The molecule has 2 rings (SSSR count). The number of pyridine rings is 1. The summed E-state index contributed by atoms with van der Waals surface area (Å²) in [5.41, 5.74) is 4.29. The quantitative estimate of drug-likeness (QED) is 0.805. The zero-order valence-corrected chi connectivity index (χ0v) is 9.10. The molecule has 0 amide bonds. The van der Waals surface area contributed by atoms with Crippen LogP contribution in [0.4, 0.5) is 13.2 Å². The van der Waals surface area contributed by atoms with Gasteiger partial charge in [-0.25, -0.2) is 0 Å². The number of hydrogen-bond acceptors (Lipinski definition) is 2. The molecule has 1 atom stereocenters. The van der Waals surface area contributed by atoms with E-state index in [1.165, 1.54) is 12.3 Å². The maximum Gasteiger partial charge on any atom is 0.418 e. The minimum atomic E-state index is -4.39. The average molecular weight is 230 g/mol. The molecule has 16 heavy (non-hydrogen) atoms. The number of alkyl halides is 3. The van der Waals surface area contributed by atoms with Gasteiger partial charge < -0.3 is 5.73 Å². The van der Waals surface area contributed by atoms with Crippen LogP contribution >= 0.6 is 0 Å². The van der Waals surface area contributed by atoms with Crippen molar-refractivity contribution in [2.24, 2.45) is 11.1 Å². The first kappa shape index (κ1) is 11.4. The molecule has 1 aliphatic rings. The van der Waals surface area contributed by atoms with E-state index in [9.17, 15) is 13.2 Å². The van der Waals surface area contributed by atoms with Crippen molar-refractivity contribution in [3.05, 3.63) is 29.6 Å². The van der Waals surface area contributed by atoms with Crippen molar-refractivity contribution in [2.45, 2.75) is 32.0 Å². The maximum absolute atomic E-state index is 12.8. The van der Waals surface area contributed by atoms with Gasteiger partial charge in [0.1, 0.15) is 0 Å². The molecule has 2 nitrogen and oxygen atoms in total. The first-order valence-corrected chi connectivity index (χ1v) is 4.99. The predicted molar refractivity (Wildman–Crippen MR) is 53.5 cm³/mol. The van der Waals surface area contributed by atoms with Gasteiger partial charge in [-0.3, -0.25) is 4.98 Å². The van der Waals surface area contributed by atoms with Crippen molar-refractivity contribution in [1.29, 1.82) is 0 Å². The maximum atomic E-state index is 12.8. The molecule has 1 unspecified atom stereocenters. The Morgan fingerprint density at radius 3 is 2.38 bits per heavy atom. The summed E-state index contributed by atoms with van der Waals surface area (Å²) in [7, 11) is 0. The van der Waals surface area contributed by atoms with Gasteiger partial charge in [-0.1, -0.05) is 13.8 Å². The predicted octanol–water partition coefficient (Wildman–Crippen LogP) is 2.68. The normalized spacial score (nSPS) is 27.9. The molecule has 1 heterocycles. The van der Waals surface area contributed by atoms with Gasteiger partial charge in [-0.2, -0.15) is 13.2 Å². The summed E-state index contributed by atoms with van der Waals surface area (Å²) in [6.45, 7) is 3.74. The van der Waals surface area contributed by atoms with Crippen LogP contribution in [0, 0.1) is 5.41 Å². The summed E-state index contributed by atoms with van der Waals surface area (Å²) in [5.74, 6) is 0. The number of rotatable bonds is 1. The SMILES string of the molecule is CC1(C)CC1(N)c1ccncc1C(F)(F)F. The number of nitrogens with zero attached hydrogens (tertiary/aromatic N) is 1. The van der Waals surface area contributed by atoms with E-state index in [1.54, 1.807) is 0 Å². The third-order valence-corrected chi connectivity index (χ3v) is 3.41. The van der Waals surface area contributed by atoms with Crippen LogP contribution < -0.4 is 5.73 Å². The Kier molecular flexibility index (Phi) is 2.11. The zero-order chi connectivity index (χ0) is 12.2. The number of halogens is 3. The van der Waals surface area contributed by atoms with Crippen LogP contribution in [0.5, 0.6) is 0 Å². The Hall–Kier alpha value is -1.10. The lowest BCUT2D eigenvalue weighted by Crippen LogP contribution is -2.29. The van der Waals surface area contributed by atoms with Crippen LogP contribution in [0.3, 0.4) is 0 Å². The largest absolute Gasteiger partial charge is 0.418 e. The lowest BCUT2D eigenvalue weighted by Gasteiger charge is -2.20. The Morgan fingerprint density at radius 1 is 1.38 bits per heavy atom. The van der Waals surface area contributed by atoms with Crippen molar-refractivity contribution in [3.63, 3.8) is 0 Å². The highest BCUT2D eigenvalue weighted by Crippen LogP contribution is 2.61. The van der Waals surface area contributed by atoms with Gasteiger partial charge in [0.05, 0.1) is 5.56 Å². The van der Waals surface area contributed by atoms with Crippen LogP contribution in [0.2, 0.25) is 0 Å². The van der Waals surface area contributed by atoms with Crippen molar-refractivity contribution in [2.75, 3.05) is 0 Å². The highest BCUT2D eigenvalue weighted by atomic mass is 19.4. The Balaban J connectivity index is 2.52. The summed E-state index contributed by atoms with van der Waals surface area (Å²) >= 11 is 0. The summed E-state index contributed by atoms with van der Waals surface area (Å²) in [6.07, 6.45) is -1.63. The zero-order valence-electron chi connectivity index (χ0n) is 9.10. The van der Waals surface area contributed by atoms with Gasteiger partial charge in [-0.05, 0) is 23.5 Å². The highest BCUT2D eigenvalue weighted by molar-refractivity contribution is 5.40. The molecular formula is C11H13F3N2. The van der Waals surface area contributed by atoms with Crippen molar-refractivity contribution in [1.82, 2.24) is 4.98 Å². The third kappa shape index (κ3) is 1.50. The lowest BCUT2D eigenvalue weighted by atomic mass is 9.94. The van der Waals surface area contributed by atoms with Crippen LogP contribution in [-0.2, 0) is 11.7 Å². The van der Waals surface area contributed by atoms with Crippen molar-refractivity contribution < 1.29 is 13.2 Å². The number of hydrogen-bond donors (Lipinski definition) is 1. The summed E-state index contributed by atoms with van der Waals surface area (Å²) < 4.78 is 38.3. The Labute approximate surface area is 91.7 Å². The van der Waals surface area contributed by atoms with Crippen LogP contribution in [0.25, 0.3) is 0 Å². The summed E-state index contributed by atoms with van der Waals surface area (Å²) in [4.78, 5) is 3.53. The third-order valence-electron chi connectivity index (χ3n) is 3.41. The molecule has 0 bridgehead atoms. The molecule has 2 N–H and O–H groups in total. The molecular weight excluding hydrogens is 217 g/mol. The Morgan fingerprint density at radius 2 is 1.94 bits per heavy atom. The van der Waals surface area contributed by atoms with E-state index in [1.807, 2.05) is 13.8 Å². The van der Waals surface area contributed by atoms with Crippen LogP contribution in [0.15, 0.2) is 18.5 Å². The van der Waals surface area contributed by atoms with Gasteiger partial charge in [0, 0.05) is 17.9 Å². The topological polar surface area (TPSA) is 38.9 Å². The molecule has 1 aromatic rings. The molecule has 0 spiro atoms. The van der Waals surface area contributed by atoms with E-state index in [2.05, 4.69) is 4.98 Å². The average Bonchev–Trinajstić information content (AvgIpc) is 2.66. The smallest absolute Gasteiger partial charge is 0.321 e. The fraction of sp³-hybridized carbons (Fsp3) is 0.545. The summed E-state index contributed by atoms with van der Waals surface area (Å²) in [6, 6.07) is 1.37. The molecule has 0 radical (unpaired) electrons. The highest BCUT2D eigenvalue weighted by Gasteiger charge is 2.61. The molecule has 0 saturated heterocycles. The molecule has 1 fully saturated rings. The lowest BCUT2D eigenvalue weighted by molar-refractivity contribution is -0.138. The standard InChI is InChI=1S/C11H13F3N2/c1-9(2)6-10(9,15)7-3-4-16-5-8(7)11(12,13)14/h3-5H,6,15H2,1-2H3. The van der Waals surface area contributed by atoms with Gasteiger partial charge in [0.25, 0.3) is 0 Å². The molecule has 1 aliphatic carbocycles. The van der Waals surface area contributed by atoms with Crippen LogP contribution in [-0.4, -0.2) is 4.98 Å². The van der Waals surface area contributed by atoms with Crippen LogP contribution in [0.1, 0.15) is 31.4 Å². The molecule has 0 aliphatic heterocycles.